The van der Waals surface area contributed by atoms with Crippen molar-refractivity contribution < 1.29 is 23.1 Å². The van der Waals surface area contributed by atoms with Crippen molar-refractivity contribution in [2.75, 3.05) is 19.7 Å². The summed E-state index contributed by atoms with van der Waals surface area (Å²) in [4.78, 5) is 14.9. The van der Waals surface area contributed by atoms with Crippen LogP contribution >= 0.6 is 0 Å². The van der Waals surface area contributed by atoms with Crippen LogP contribution in [0, 0.1) is 5.92 Å². The monoisotopic (exact) mass is 314 g/mol. The van der Waals surface area contributed by atoms with E-state index in [-0.39, 0.29) is 18.0 Å². The molecule has 0 aromatic carbocycles. The Hall–Kier alpha value is -1.67. The Kier molecular flexibility index (Phi) is 4.79. The molecular weight excluding hydrogens is 296 g/mol. The van der Waals surface area contributed by atoms with Gasteiger partial charge < -0.3 is 9.84 Å². The molecule has 7 nitrogen and oxygen atoms in total. The lowest BCUT2D eigenvalue weighted by molar-refractivity contribution is -0.142. The fourth-order valence-corrected chi connectivity index (χ4v) is 3.66. The molecule has 0 aliphatic carbocycles. The topological polar surface area (TPSA) is 96.8 Å². The summed E-state index contributed by atoms with van der Waals surface area (Å²) in [5.74, 6) is -0.953. The zero-order valence-corrected chi connectivity index (χ0v) is 12.5. The van der Waals surface area contributed by atoms with Gasteiger partial charge in [-0.3, -0.25) is 4.79 Å². The zero-order chi connectivity index (χ0) is 15.5. The fraction of sp³-hybridized carbons (Fsp3) is 0.538. The molecule has 2 heterocycles. The second kappa shape index (κ2) is 6.40. The highest BCUT2D eigenvalue weighted by atomic mass is 32.2. The number of pyridine rings is 1. The summed E-state index contributed by atoms with van der Waals surface area (Å²) >= 11 is 0. The number of rotatable bonds is 5. The maximum Gasteiger partial charge on any atom is 0.306 e. The summed E-state index contributed by atoms with van der Waals surface area (Å²) in [6.07, 6.45) is 1.93. The van der Waals surface area contributed by atoms with Crippen LogP contribution in [0.2, 0.25) is 0 Å². The lowest BCUT2D eigenvalue weighted by atomic mass is 9.99. The van der Waals surface area contributed by atoms with Gasteiger partial charge in [0.15, 0.2) is 0 Å². The first-order chi connectivity index (χ1) is 9.95. The summed E-state index contributed by atoms with van der Waals surface area (Å²) in [5.41, 5.74) is 0. The molecule has 2 rings (SSSR count). The minimum Gasteiger partial charge on any atom is -0.481 e. The predicted molar refractivity (Wildman–Crippen MR) is 74.5 cm³/mol. The molecule has 1 aromatic rings. The Bertz CT molecular complexity index is 591. The standard InChI is InChI=1S/C13H18N2O5S/c1-2-20-12-4-3-11(9-14-12)21(18,19)15-7-5-10(6-8-15)13(16)17/h3-4,9-10H,2,5-8H2,1H3,(H,16,17). The SMILES string of the molecule is CCOc1ccc(S(=O)(=O)N2CCC(C(=O)O)CC2)cn1. The van der Waals surface area contributed by atoms with E-state index in [4.69, 9.17) is 9.84 Å². The number of carboxylic acid groups (broad SMARTS) is 1. The lowest BCUT2D eigenvalue weighted by Crippen LogP contribution is -2.40. The quantitative estimate of drug-likeness (QED) is 0.869. The zero-order valence-electron chi connectivity index (χ0n) is 11.7. The molecule has 0 radical (unpaired) electrons. The first-order valence-corrected chi connectivity index (χ1v) is 8.21. The summed E-state index contributed by atoms with van der Waals surface area (Å²) in [7, 11) is -3.62. The molecule has 1 N–H and O–H groups in total. The molecular formula is C13H18N2O5S. The fourth-order valence-electron chi connectivity index (χ4n) is 2.24. The predicted octanol–water partition coefficient (Wildman–Crippen LogP) is 0.966. The third kappa shape index (κ3) is 3.51. The molecule has 1 aliphatic rings. The third-order valence-corrected chi connectivity index (χ3v) is 5.32. The van der Waals surface area contributed by atoms with Gasteiger partial charge in [-0.2, -0.15) is 4.31 Å². The Balaban J connectivity index is 2.10. The van der Waals surface area contributed by atoms with Crippen molar-refractivity contribution in [2.24, 2.45) is 5.92 Å². The number of carbonyl (C=O) groups is 1. The molecule has 1 fully saturated rings. The van der Waals surface area contributed by atoms with Gasteiger partial charge in [0, 0.05) is 19.2 Å². The minimum atomic E-state index is -3.62. The first-order valence-electron chi connectivity index (χ1n) is 6.77. The number of ether oxygens (including phenoxy) is 1. The van der Waals surface area contributed by atoms with E-state index in [2.05, 4.69) is 4.98 Å². The van der Waals surface area contributed by atoms with Crippen LogP contribution in [0.1, 0.15) is 19.8 Å². The maximum atomic E-state index is 12.4. The van der Waals surface area contributed by atoms with Crippen molar-refractivity contribution in [2.45, 2.75) is 24.7 Å². The van der Waals surface area contributed by atoms with Gasteiger partial charge in [0.1, 0.15) is 4.90 Å². The Morgan fingerprint density at radius 2 is 2.10 bits per heavy atom. The van der Waals surface area contributed by atoms with Crippen LogP contribution in [-0.4, -0.2) is 48.5 Å². The molecule has 1 saturated heterocycles. The van der Waals surface area contributed by atoms with Crippen molar-refractivity contribution in [3.05, 3.63) is 18.3 Å². The van der Waals surface area contributed by atoms with Crippen LogP contribution in [0.3, 0.4) is 0 Å². The molecule has 0 atom stereocenters. The number of hydrogen-bond donors (Lipinski definition) is 1. The van der Waals surface area contributed by atoms with Gasteiger partial charge in [-0.05, 0) is 25.8 Å². The average Bonchev–Trinajstić information content (AvgIpc) is 2.48. The highest BCUT2D eigenvalue weighted by Crippen LogP contribution is 2.24. The normalized spacial score (nSPS) is 17.6. The van der Waals surface area contributed by atoms with Crippen molar-refractivity contribution in [1.82, 2.24) is 9.29 Å². The average molecular weight is 314 g/mol. The number of hydrogen-bond acceptors (Lipinski definition) is 5. The van der Waals surface area contributed by atoms with Crippen molar-refractivity contribution >= 4 is 16.0 Å². The minimum absolute atomic E-state index is 0.0970. The molecule has 0 spiro atoms. The Morgan fingerprint density at radius 3 is 2.57 bits per heavy atom. The number of aromatic nitrogens is 1. The molecule has 0 unspecified atom stereocenters. The van der Waals surface area contributed by atoms with E-state index in [1.807, 2.05) is 6.92 Å². The molecule has 1 aliphatic heterocycles. The number of sulfonamides is 1. The van der Waals surface area contributed by atoms with Gasteiger partial charge >= 0.3 is 5.97 Å². The van der Waals surface area contributed by atoms with Crippen LogP contribution in [0.25, 0.3) is 0 Å². The second-order valence-electron chi connectivity index (χ2n) is 4.78. The Labute approximate surface area is 123 Å². The second-order valence-corrected chi connectivity index (χ2v) is 6.72. The molecule has 0 amide bonds. The number of piperidine rings is 1. The molecule has 21 heavy (non-hydrogen) atoms. The van der Waals surface area contributed by atoms with E-state index < -0.39 is 21.9 Å². The largest absolute Gasteiger partial charge is 0.481 e. The smallest absolute Gasteiger partial charge is 0.306 e. The summed E-state index contributed by atoms with van der Waals surface area (Å²) in [6, 6.07) is 2.97. The van der Waals surface area contributed by atoms with E-state index >= 15 is 0 Å². The first kappa shape index (κ1) is 15.7. The molecule has 8 heteroatoms. The van der Waals surface area contributed by atoms with E-state index in [0.717, 1.165) is 0 Å². The number of aliphatic carboxylic acids is 1. The van der Waals surface area contributed by atoms with E-state index in [0.29, 0.717) is 25.3 Å². The van der Waals surface area contributed by atoms with Crippen LogP contribution < -0.4 is 4.74 Å². The van der Waals surface area contributed by atoms with Crippen molar-refractivity contribution in [3.8, 4) is 5.88 Å². The van der Waals surface area contributed by atoms with Gasteiger partial charge in [-0.15, -0.1) is 0 Å². The van der Waals surface area contributed by atoms with Gasteiger partial charge in [-0.25, -0.2) is 13.4 Å². The lowest BCUT2D eigenvalue weighted by Gasteiger charge is -2.29. The molecule has 0 bridgehead atoms. The van der Waals surface area contributed by atoms with E-state index in [1.54, 1.807) is 0 Å². The summed E-state index contributed by atoms with van der Waals surface area (Å²) in [5, 5.41) is 8.93. The van der Waals surface area contributed by atoms with Gasteiger partial charge in [0.25, 0.3) is 0 Å². The molecule has 1 aromatic heterocycles. The molecule has 0 saturated carbocycles. The van der Waals surface area contributed by atoms with Gasteiger partial charge in [0.2, 0.25) is 15.9 Å². The van der Waals surface area contributed by atoms with Crippen LogP contribution in [0.15, 0.2) is 23.2 Å². The third-order valence-electron chi connectivity index (χ3n) is 3.44. The summed E-state index contributed by atoms with van der Waals surface area (Å²) < 4.78 is 31.3. The van der Waals surface area contributed by atoms with E-state index in [1.165, 1.54) is 22.6 Å². The van der Waals surface area contributed by atoms with Gasteiger partial charge in [-0.1, -0.05) is 0 Å². The Morgan fingerprint density at radius 1 is 1.43 bits per heavy atom. The number of nitrogens with zero attached hydrogens (tertiary/aromatic N) is 2. The van der Waals surface area contributed by atoms with Crippen LogP contribution in [0.4, 0.5) is 0 Å². The molecule has 116 valence electrons. The van der Waals surface area contributed by atoms with E-state index in [9.17, 15) is 13.2 Å². The van der Waals surface area contributed by atoms with Crippen LogP contribution in [0.5, 0.6) is 5.88 Å². The highest BCUT2D eigenvalue weighted by molar-refractivity contribution is 7.89. The number of carboxylic acids is 1. The van der Waals surface area contributed by atoms with Crippen molar-refractivity contribution in [3.63, 3.8) is 0 Å². The highest BCUT2D eigenvalue weighted by Gasteiger charge is 2.32. The maximum absolute atomic E-state index is 12.4. The van der Waals surface area contributed by atoms with Crippen molar-refractivity contribution in [1.29, 1.82) is 0 Å². The van der Waals surface area contributed by atoms with Gasteiger partial charge in [0.05, 0.1) is 18.7 Å². The van der Waals surface area contributed by atoms with Crippen LogP contribution in [-0.2, 0) is 14.8 Å². The summed E-state index contributed by atoms with van der Waals surface area (Å²) in [6.45, 7) is 2.71.